The van der Waals surface area contributed by atoms with Gasteiger partial charge in [0.25, 0.3) is 0 Å². The fourth-order valence-electron chi connectivity index (χ4n) is 4.63. The van der Waals surface area contributed by atoms with Gasteiger partial charge in [-0.25, -0.2) is 0 Å². The number of ether oxygens (including phenoxy) is 1. The summed E-state index contributed by atoms with van der Waals surface area (Å²) >= 11 is 1.66. The molecule has 0 bridgehead atoms. The van der Waals surface area contributed by atoms with Gasteiger partial charge in [0.1, 0.15) is 5.75 Å². The van der Waals surface area contributed by atoms with Crippen molar-refractivity contribution in [2.75, 3.05) is 6.61 Å². The number of carbonyl (C=O) groups excluding carboxylic acids is 1. The van der Waals surface area contributed by atoms with Gasteiger partial charge in [0.05, 0.1) is 6.61 Å². The molecule has 0 unspecified atom stereocenters. The highest BCUT2D eigenvalue weighted by atomic mass is 32.1. The van der Waals surface area contributed by atoms with Crippen LogP contribution in [0.5, 0.6) is 5.75 Å². The summed E-state index contributed by atoms with van der Waals surface area (Å²) in [5.41, 5.74) is 0.882. The number of hydrogen-bond donors (Lipinski definition) is 0. The molecule has 0 saturated heterocycles. The fraction of sp³-hybridized carbons (Fsp3) is 0.700. The first-order valence-corrected chi connectivity index (χ1v) is 14.8. The summed E-state index contributed by atoms with van der Waals surface area (Å²) in [5, 5.41) is 3.08. The van der Waals surface area contributed by atoms with Crippen LogP contribution in [0, 0.1) is 0 Å². The van der Waals surface area contributed by atoms with E-state index in [0.29, 0.717) is 13.0 Å². The van der Waals surface area contributed by atoms with Crippen molar-refractivity contribution in [3.8, 4) is 5.75 Å². The zero-order chi connectivity index (χ0) is 23.6. The van der Waals surface area contributed by atoms with Crippen LogP contribution in [0.4, 0.5) is 0 Å². The third-order valence-electron chi connectivity index (χ3n) is 6.66. The topological polar surface area (TPSA) is 26.3 Å². The average Bonchev–Trinajstić information content (AvgIpc) is 3.24. The Morgan fingerprint density at radius 1 is 0.727 bits per heavy atom. The number of rotatable bonds is 21. The molecule has 0 fully saturated rings. The van der Waals surface area contributed by atoms with Gasteiger partial charge in [-0.1, -0.05) is 110 Å². The lowest BCUT2D eigenvalue weighted by Crippen LogP contribution is -1.98. The van der Waals surface area contributed by atoms with Crippen molar-refractivity contribution in [2.45, 2.75) is 129 Å². The Morgan fingerprint density at radius 3 is 1.76 bits per heavy atom. The highest BCUT2D eigenvalue weighted by Gasteiger charge is 2.13. The number of unbranched alkanes of at least 4 members (excludes halogenated alkanes) is 16. The predicted octanol–water partition coefficient (Wildman–Crippen LogP) is 10.5. The lowest BCUT2D eigenvalue weighted by Gasteiger charge is -2.05. The quantitative estimate of drug-likeness (QED) is 0.133. The Bertz CT molecular complexity index is 764. The first-order valence-electron chi connectivity index (χ1n) is 13.9. The van der Waals surface area contributed by atoms with Crippen LogP contribution in [-0.4, -0.2) is 12.4 Å². The van der Waals surface area contributed by atoms with Crippen LogP contribution < -0.4 is 4.74 Å². The molecule has 0 amide bonds. The van der Waals surface area contributed by atoms with E-state index in [1.165, 1.54) is 107 Å². The van der Waals surface area contributed by atoms with E-state index >= 15 is 0 Å². The molecule has 2 aromatic rings. The standard InChI is InChI=1S/C30H48O2S/c1-3-5-6-7-8-9-10-11-12-13-14-15-16-17-18-19-20-21-29(31)28-25-33-30-23-22-26(32-4-2)24-27(28)30/h22-25H,3-21H2,1-2H3. The molecule has 3 heteroatoms. The van der Waals surface area contributed by atoms with Gasteiger partial charge in [0.15, 0.2) is 5.78 Å². The lowest BCUT2D eigenvalue weighted by molar-refractivity contribution is 0.0981. The Hall–Kier alpha value is -1.35. The van der Waals surface area contributed by atoms with Crippen LogP contribution in [0.1, 0.15) is 140 Å². The maximum absolute atomic E-state index is 12.7. The second-order valence-corrected chi connectivity index (χ2v) is 10.5. The molecule has 0 radical (unpaired) electrons. The van der Waals surface area contributed by atoms with Crippen LogP contribution in [-0.2, 0) is 0 Å². The van der Waals surface area contributed by atoms with Crippen molar-refractivity contribution >= 4 is 27.2 Å². The zero-order valence-electron chi connectivity index (χ0n) is 21.5. The maximum Gasteiger partial charge on any atom is 0.164 e. The number of fused-ring (bicyclic) bond motifs is 1. The monoisotopic (exact) mass is 472 g/mol. The van der Waals surface area contributed by atoms with E-state index in [1.807, 2.05) is 24.4 Å². The van der Waals surface area contributed by atoms with E-state index in [-0.39, 0.29) is 5.78 Å². The third-order valence-corrected chi connectivity index (χ3v) is 7.63. The van der Waals surface area contributed by atoms with E-state index in [2.05, 4.69) is 13.0 Å². The largest absolute Gasteiger partial charge is 0.494 e. The van der Waals surface area contributed by atoms with Crippen LogP contribution in [0.15, 0.2) is 23.6 Å². The summed E-state index contributed by atoms with van der Waals surface area (Å²) in [6.07, 6.45) is 23.9. The molecule has 0 aliphatic carbocycles. The lowest BCUT2D eigenvalue weighted by atomic mass is 10.0. The number of thiophene rings is 1. The molecule has 0 atom stereocenters. The minimum atomic E-state index is 0.288. The molecule has 0 aliphatic rings. The van der Waals surface area contributed by atoms with Gasteiger partial charge < -0.3 is 4.74 Å². The van der Waals surface area contributed by atoms with Gasteiger partial charge in [-0.2, -0.15) is 0 Å². The smallest absolute Gasteiger partial charge is 0.164 e. The van der Waals surface area contributed by atoms with Gasteiger partial charge in [-0.15, -0.1) is 11.3 Å². The first kappa shape index (κ1) is 27.9. The Morgan fingerprint density at radius 2 is 1.24 bits per heavy atom. The SMILES string of the molecule is CCCCCCCCCCCCCCCCCCCC(=O)c1csc2ccc(OCC)cc12. The van der Waals surface area contributed by atoms with Crippen LogP contribution in [0.3, 0.4) is 0 Å². The van der Waals surface area contributed by atoms with Gasteiger partial charge in [-0.05, 0) is 31.5 Å². The minimum absolute atomic E-state index is 0.288. The Kier molecular flexibility index (Phi) is 15.2. The predicted molar refractivity (Wildman–Crippen MR) is 146 cm³/mol. The van der Waals surface area contributed by atoms with Crippen molar-refractivity contribution in [3.63, 3.8) is 0 Å². The second kappa shape index (κ2) is 18.0. The summed E-state index contributed by atoms with van der Waals surface area (Å²) in [7, 11) is 0. The molecule has 0 aliphatic heterocycles. The summed E-state index contributed by atoms with van der Waals surface area (Å²) in [4.78, 5) is 12.7. The molecule has 1 aromatic heterocycles. The second-order valence-electron chi connectivity index (χ2n) is 9.57. The van der Waals surface area contributed by atoms with E-state index in [4.69, 9.17) is 4.74 Å². The molecule has 2 nitrogen and oxygen atoms in total. The minimum Gasteiger partial charge on any atom is -0.494 e. The molecule has 1 heterocycles. The molecular formula is C30H48O2S. The number of hydrogen-bond acceptors (Lipinski definition) is 3. The van der Waals surface area contributed by atoms with Crippen molar-refractivity contribution in [3.05, 3.63) is 29.1 Å². The van der Waals surface area contributed by atoms with Gasteiger partial charge in [0.2, 0.25) is 0 Å². The van der Waals surface area contributed by atoms with Gasteiger partial charge in [0, 0.05) is 27.5 Å². The van der Waals surface area contributed by atoms with Crippen molar-refractivity contribution in [1.29, 1.82) is 0 Å². The van der Waals surface area contributed by atoms with Gasteiger partial charge >= 0.3 is 0 Å². The van der Waals surface area contributed by atoms with Crippen LogP contribution >= 0.6 is 11.3 Å². The fourth-order valence-corrected chi connectivity index (χ4v) is 5.57. The molecule has 2 rings (SSSR count). The third kappa shape index (κ3) is 11.6. The molecule has 0 N–H and O–H groups in total. The molecular weight excluding hydrogens is 424 g/mol. The zero-order valence-corrected chi connectivity index (χ0v) is 22.3. The Balaban J connectivity index is 1.43. The summed E-state index contributed by atoms with van der Waals surface area (Å²) in [6, 6.07) is 6.08. The highest BCUT2D eigenvalue weighted by molar-refractivity contribution is 7.17. The molecule has 1 aromatic carbocycles. The molecule has 186 valence electrons. The summed E-state index contributed by atoms with van der Waals surface area (Å²) < 4.78 is 6.78. The summed E-state index contributed by atoms with van der Waals surface area (Å²) in [6.45, 7) is 4.93. The summed E-state index contributed by atoms with van der Waals surface area (Å²) in [5.74, 6) is 1.14. The average molecular weight is 473 g/mol. The van der Waals surface area contributed by atoms with Crippen molar-refractivity contribution in [2.24, 2.45) is 0 Å². The Labute approximate surface area is 207 Å². The number of carbonyl (C=O) groups is 1. The first-order chi connectivity index (χ1) is 16.3. The van der Waals surface area contributed by atoms with E-state index in [1.54, 1.807) is 11.3 Å². The van der Waals surface area contributed by atoms with Gasteiger partial charge in [-0.3, -0.25) is 4.79 Å². The van der Waals surface area contributed by atoms with Crippen molar-refractivity contribution in [1.82, 2.24) is 0 Å². The van der Waals surface area contributed by atoms with E-state index < -0.39 is 0 Å². The van der Waals surface area contributed by atoms with Crippen LogP contribution in [0.25, 0.3) is 10.1 Å². The van der Waals surface area contributed by atoms with Crippen molar-refractivity contribution < 1.29 is 9.53 Å². The molecule has 33 heavy (non-hydrogen) atoms. The van der Waals surface area contributed by atoms with Crippen LogP contribution in [0.2, 0.25) is 0 Å². The van der Waals surface area contributed by atoms with E-state index in [0.717, 1.165) is 23.1 Å². The normalized spacial score (nSPS) is 11.3. The molecule has 0 saturated carbocycles. The maximum atomic E-state index is 12.7. The number of benzene rings is 1. The van der Waals surface area contributed by atoms with E-state index in [9.17, 15) is 4.79 Å². The number of ketones is 1. The number of Topliss-reactive ketones (excluding diaryl/α,β-unsaturated/α-hetero) is 1. The molecule has 0 spiro atoms. The highest BCUT2D eigenvalue weighted by Crippen LogP contribution is 2.31.